The average molecular weight is 255 g/mol. The maximum atomic E-state index is 5.69. The van der Waals surface area contributed by atoms with E-state index in [0.717, 1.165) is 29.0 Å². The third-order valence-electron chi connectivity index (χ3n) is 4.67. The molecule has 2 aromatic rings. The Hall–Kier alpha value is -1.84. The molecule has 2 bridgehead atoms. The van der Waals surface area contributed by atoms with Gasteiger partial charge in [-0.1, -0.05) is 11.6 Å². The zero-order chi connectivity index (χ0) is 12.8. The number of rotatable bonds is 2. The van der Waals surface area contributed by atoms with Gasteiger partial charge in [-0.05, 0) is 55.4 Å². The van der Waals surface area contributed by atoms with Gasteiger partial charge in [0.2, 0.25) is 11.7 Å². The first kappa shape index (κ1) is 11.0. The van der Waals surface area contributed by atoms with E-state index >= 15 is 0 Å². The first-order chi connectivity index (χ1) is 9.29. The molecule has 4 rings (SSSR count). The van der Waals surface area contributed by atoms with E-state index < -0.39 is 0 Å². The van der Waals surface area contributed by atoms with Crippen LogP contribution in [0.15, 0.2) is 28.8 Å². The molecule has 2 aliphatic rings. The smallest absolute Gasteiger partial charge is 0.230 e. The highest BCUT2D eigenvalue weighted by Crippen LogP contribution is 2.52. The second-order valence-corrected chi connectivity index (χ2v) is 5.86. The zero-order valence-electron chi connectivity index (χ0n) is 10.7. The number of anilines is 1. The summed E-state index contributed by atoms with van der Waals surface area (Å²) in [4.78, 5) is 4.59. The van der Waals surface area contributed by atoms with E-state index in [0.29, 0.717) is 11.7 Å². The Bertz CT molecular complexity index is 590. The number of fused-ring (bicyclic) bond motifs is 2. The summed E-state index contributed by atoms with van der Waals surface area (Å²) in [6, 6.07) is 7.60. The van der Waals surface area contributed by atoms with Crippen LogP contribution in [0.25, 0.3) is 11.4 Å². The van der Waals surface area contributed by atoms with Gasteiger partial charge < -0.3 is 10.3 Å². The fraction of sp³-hybridized carbons (Fsp3) is 0.467. The van der Waals surface area contributed by atoms with Crippen molar-refractivity contribution in [1.82, 2.24) is 10.1 Å². The van der Waals surface area contributed by atoms with E-state index in [2.05, 4.69) is 10.1 Å². The second kappa shape index (κ2) is 4.08. The lowest BCUT2D eigenvalue weighted by Crippen LogP contribution is -2.08. The highest BCUT2D eigenvalue weighted by atomic mass is 16.5. The molecule has 98 valence electrons. The topological polar surface area (TPSA) is 64.9 Å². The molecule has 0 spiro atoms. The quantitative estimate of drug-likeness (QED) is 0.837. The minimum absolute atomic E-state index is 0.494. The van der Waals surface area contributed by atoms with Crippen molar-refractivity contribution in [2.75, 3.05) is 5.73 Å². The number of hydrogen-bond donors (Lipinski definition) is 1. The van der Waals surface area contributed by atoms with Gasteiger partial charge in [0.15, 0.2) is 0 Å². The molecule has 0 amide bonds. The summed E-state index contributed by atoms with van der Waals surface area (Å²) in [5.41, 5.74) is 7.40. The molecule has 0 radical (unpaired) electrons. The van der Waals surface area contributed by atoms with Gasteiger partial charge in [-0.15, -0.1) is 0 Å². The number of aromatic nitrogens is 2. The van der Waals surface area contributed by atoms with E-state index in [1.54, 1.807) is 0 Å². The van der Waals surface area contributed by atoms with Crippen molar-refractivity contribution in [2.24, 2.45) is 11.8 Å². The molecule has 2 fully saturated rings. The van der Waals surface area contributed by atoms with Gasteiger partial charge in [-0.3, -0.25) is 0 Å². The maximum Gasteiger partial charge on any atom is 0.230 e. The van der Waals surface area contributed by atoms with Crippen molar-refractivity contribution in [1.29, 1.82) is 0 Å². The third kappa shape index (κ3) is 1.82. The maximum absolute atomic E-state index is 5.69. The standard InChI is InChI=1S/C15H17N3O/c16-12-5-3-10(4-6-12)14-17-15(19-18-14)13-8-9-1-2-11(13)7-9/h3-6,9,11,13H,1-2,7-8,16H2. The van der Waals surface area contributed by atoms with Crippen molar-refractivity contribution >= 4 is 5.69 Å². The van der Waals surface area contributed by atoms with Crippen molar-refractivity contribution < 1.29 is 4.52 Å². The minimum Gasteiger partial charge on any atom is -0.399 e. The fourth-order valence-corrected chi connectivity index (χ4v) is 3.68. The average Bonchev–Trinajstić information content (AvgIpc) is 3.15. The van der Waals surface area contributed by atoms with Crippen molar-refractivity contribution in [3.63, 3.8) is 0 Å². The second-order valence-electron chi connectivity index (χ2n) is 5.86. The van der Waals surface area contributed by atoms with E-state index in [4.69, 9.17) is 10.3 Å². The number of nitrogens with two attached hydrogens (primary N) is 1. The van der Waals surface area contributed by atoms with Crippen molar-refractivity contribution in [3.05, 3.63) is 30.2 Å². The normalized spacial score (nSPS) is 28.9. The Balaban J connectivity index is 1.61. The molecule has 4 heteroatoms. The van der Waals surface area contributed by atoms with E-state index in [-0.39, 0.29) is 0 Å². The molecular weight excluding hydrogens is 238 g/mol. The molecule has 0 saturated heterocycles. The molecule has 1 aromatic heterocycles. The lowest BCUT2D eigenvalue weighted by atomic mass is 9.89. The summed E-state index contributed by atoms with van der Waals surface area (Å²) in [6.07, 6.45) is 5.30. The number of nitrogen functional groups attached to an aromatic ring is 1. The molecule has 2 saturated carbocycles. The van der Waals surface area contributed by atoms with Gasteiger partial charge in [0, 0.05) is 17.2 Å². The summed E-state index contributed by atoms with van der Waals surface area (Å²) >= 11 is 0. The Morgan fingerprint density at radius 3 is 2.63 bits per heavy atom. The monoisotopic (exact) mass is 255 g/mol. The Kier molecular flexibility index (Phi) is 2.37. The molecule has 19 heavy (non-hydrogen) atoms. The zero-order valence-corrected chi connectivity index (χ0v) is 10.7. The lowest BCUT2D eigenvalue weighted by Gasteiger charge is -2.16. The fourth-order valence-electron chi connectivity index (χ4n) is 3.68. The van der Waals surface area contributed by atoms with Crippen LogP contribution in [0.4, 0.5) is 5.69 Å². The number of hydrogen-bond acceptors (Lipinski definition) is 4. The molecule has 2 N–H and O–H groups in total. The van der Waals surface area contributed by atoms with Gasteiger partial charge in [0.05, 0.1) is 0 Å². The minimum atomic E-state index is 0.494. The Morgan fingerprint density at radius 1 is 1.11 bits per heavy atom. The van der Waals surface area contributed by atoms with Gasteiger partial charge in [0.1, 0.15) is 0 Å². The Labute approximate surface area is 112 Å². The molecule has 0 aliphatic heterocycles. The van der Waals surface area contributed by atoms with Crippen molar-refractivity contribution in [2.45, 2.75) is 31.6 Å². The SMILES string of the molecule is Nc1ccc(-c2noc(C3CC4CCC3C4)n2)cc1. The summed E-state index contributed by atoms with van der Waals surface area (Å²) in [5, 5.41) is 4.12. The molecule has 1 aromatic carbocycles. The molecule has 3 unspecified atom stereocenters. The number of nitrogens with zero attached hydrogens (tertiary/aromatic N) is 2. The van der Waals surface area contributed by atoms with Crippen LogP contribution in [-0.2, 0) is 0 Å². The first-order valence-corrected chi connectivity index (χ1v) is 6.99. The number of benzene rings is 1. The van der Waals surface area contributed by atoms with Crippen molar-refractivity contribution in [3.8, 4) is 11.4 Å². The summed E-state index contributed by atoms with van der Waals surface area (Å²) < 4.78 is 5.49. The molecule has 1 heterocycles. The van der Waals surface area contributed by atoms with E-state index in [1.807, 2.05) is 24.3 Å². The van der Waals surface area contributed by atoms with Gasteiger partial charge in [0.25, 0.3) is 0 Å². The van der Waals surface area contributed by atoms with Crippen LogP contribution in [-0.4, -0.2) is 10.1 Å². The highest BCUT2D eigenvalue weighted by molar-refractivity contribution is 5.58. The summed E-state index contributed by atoms with van der Waals surface area (Å²) in [5.74, 6) is 3.66. The largest absolute Gasteiger partial charge is 0.399 e. The van der Waals surface area contributed by atoms with Gasteiger partial charge in [-0.25, -0.2) is 0 Å². The van der Waals surface area contributed by atoms with Crippen LogP contribution in [0, 0.1) is 11.8 Å². The lowest BCUT2D eigenvalue weighted by molar-refractivity contribution is 0.302. The molecular formula is C15H17N3O. The molecule has 2 aliphatic carbocycles. The van der Waals surface area contributed by atoms with Gasteiger partial charge >= 0.3 is 0 Å². The van der Waals surface area contributed by atoms with Crippen LogP contribution >= 0.6 is 0 Å². The molecule has 3 atom stereocenters. The van der Waals surface area contributed by atoms with Crippen LogP contribution < -0.4 is 5.73 Å². The van der Waals surface area contributed by atoms with Crippen LogP contribution in [0.3, 0.4) is 0 Å². The van der Waals surface area contributed by atoms with E-state index in [1.165, 1.54) is 25.7 Å². The van der Waals surface area contributed by atoms with E-state index in [9.17, 15) is 0 Å². The van der Waals surface area contributed by atoms with Crippen LogP contribution in [0.5, 0.6) is 0 Å². The Morgan fingerprint density at radius 2 is 1.95 bits per heavy atom. The third-order valence-corrected chi connectivity index (χ3v) is 4.67. The summed E-state index contributed by atoms with van der Waals surface area (Å²) in [7, 11) is 0. The predicted octanol–water partition coefficient (Wildman–Crippen LogP) is 3.22. The van der Waals surface area contributed by atoms with Crippen LogP contribution in [0.1, 0.15) is 37.5 Å². The first-order valence-electron chi connectivity index (χ1n) is 6.99. The highest BCUT2D eigenvalue weighted by Gasteiger charge is 2.42. The van der Waals surface area contributed by atoms with Crippen LogP contribution in [0.2, 0.25) is 0 Å². The predicted molar refractivity (Wildman–Crippen MR) is 72.3 cm³/mol. The summed E-state index contributed by atoms with van der Waals surface area (Å²) in [6.45, 7) is 0. The molecule has 4 nitrogen and oxygen atoms in total. The van der Waals surface area contributed by atoms with Gasteiger partial charge in [-0.2, -0.15) is 4.98 Å².